The van der Waals surface area contributed by atoms with Crippen LogP contribution in [0.5, 0.6) is 5.75 Å². The van der Waals surface area contributed by atoms with Crippen molar-refractivity contribution in [2.24, 2.45) is 11.7 Å². The lowest BCUT2D eigenvalue weighted by atomic mass is 10.1. The SMILES string of the molecule is CC(C)Oc1ccc(NC(=O)C2CCC(N)C2)cc1Cl. The Morgan fingerprint density at radius 2 is 2.20 bits per heavy atom. The van der Waals surface area contributed by atoms with Crippen LogP contribution in [0.25, 0.3) is 0 Å². The van der Waals surface area contributed by atoms with Crippen molar-refractivity contribution in [1.29, 1.82) is 0 Å². The molecule has 0 spiro atoms. The number of ether oxygens (including phenoxy) is 1. The van der Waals surface area contributed by atoms with E-state index in [0.717, 1.165) is 19.3 Å². The van der Waals surface area contributed by atoms with Gasteiger partial charge in [-0.2, -0.15) is 0 Å². The molecule has 1 aliphatic rings. The smallest absolute Gasteiger partial charge is 0.227 e. The minimum Gasteiger partial charge on any atom is -0.489 e. The molecule has 110 valence electrons. The van der Waals surface area contributed by atoms with Crippen LogP contribution >= 0.6 is 11.6 Å². The summed E-state index contributed by atoms with van der Waals surface area (Å²) in [4.78, 5) is 12.1. The predicted molar refractivity (Wildman–Crippen MR) is 81.2 cm³/mol. The zero-order valence-electron chi connectivity index (χ0n) is 11.9. The molecule has 1 fully saturated rings. The summed E-state index contributed by atoms with van der Waals surface area (Å²) < 4.78 is 5.56. The Hall–Kier alpha value is -1.26. The second kappa shape index (κ2) is 6.46. The number of carbonyl (C=O) groups is 1. The largest absolute Gasteiger partial charge is 0.489 e. The molecule has 0 aliphatic heterocycles. The number of hydrogen-bond donors (Lipinski definition) is 2. The van der Waals surface area contributed by atoms with Gasteiger partial charge in [0.1, 0.15) is 5.75 Å². The number of rotatable bonds is 4. The Morgan fingerprint density at radius 1 is 1.45 bits per heavy atom. The van der Waals surface area contributed by atoms with Crippen LogP contribution in [0, 0.1) is 5.92 Å². The molecule has 0 heterocycles. The Morgan fingerprint density at radius 3 is 2.75 bits per heavy atom. The topological polar surface area (TPSA) is 64.3 Å². The Labute approximate surface area is 124 Å². The molecule has 0 radical (unpaired) electrons. The van der Waals surface area contributed by atoms with E-state index >= 15 is 0 Å². The number of halogens is 1. The normalized spacial score (nSPS) is 22.1. The third-order valence-corrected chi connectivity index (χ3v) is 3.70. The molecule has 0 bridgehead atoms. The summed E-state index contributed by atoms with van der Waals surface area (Å²) in [7, 11) is 0. The highest BCUT2D eigenvalue weighted by Gasteiger charge is 2.27. The van der Waals surface area contributed by atoms with Crippen molar-refractivity contribution in [3.05, 3.63) is 23.2 Å². The molecule has 4 nitrogen and oxygen atoms in total. The summed E-state index contributed by atoms with van der Waals surface area (Å²) in [5, 5.41) is 3.39. The first-order chi connectivity index (χ1) is 9.45. The number of hydrogen-bond acceptors (Lipinski definition) is 3. The average Bonchev–Trinajstić information content (AvgIpc) is 2.79. The standard InChI is InChI=1S/C15H21ClN2O2/c1-9(2)20-14-6-5-12(8-13(14)16)18-15(19)10-3-4-11(17)7-10/h5-6,8-11H,3-4,7,17H2,1-2H3,(H,18,19). The van der Waals surface area contributed by atoms with Crippen LogP contribution in [0.3, 0.4) is 0 Å². The van der Waals surface area contributed by atoms with Crippen molar-refractivity contribution < 1.29 is 9.53 Å². The van der Waals surface area contributed by atoms with E-state index < -0.39 is 0 Å². The van der Waals surface area contributed by atoms with E-state index in [1.165, 1.54) is 0 Å². The zero-order valence-corrected chi connectivity index (χ0v) is 12.6. The first-order valence-corrected chi connectivity index (χ1v) is 7.36. The van der Waals surface area contributed by atoms with Crippen molar-refractivity contribution >= 4 is 23.2 Å². The number of carbonyl (C=O) groups excluding carboxylic acids is 1. The van der Waals surface area contributed by atoms with E-state index in [2.05, 4.69) is 5.32 Å². The lowest BCUT2D eigenvalue weighted by Gasteiger charge is -2.14. The maximum absolute atomic E-state index is 12.1. The van der Waals surface area contributed by atoms with E-state index in [4.69, 9.17) is 22.1 Å². The first-order valence-electron chi connectivity index (χ1n) is 6.98. The number of nitrogens with two attached hydrogens (primary N) is 1. The van der Waals surface area contributed by atoms with Crippen molar-refractivity contribution in [1.82, 2.24) is 0 Å². The summed E-state index contributed by atoms with van der Waals surface area (Å²) >= 11 is 6.14. The molecular formula is C15H21ClN2O2. The van der Waals surface area contributed by atoms with Gasteiger partial charge < -0.3 is 15.8 Å². The third kappa shape index (κ3) is 3.87. The maximum Gasteiger partial charge on any atom is 0.227 e. The Kier molecular flexibility index (Phi) is 4.89. The van der Waals surface area contributed by atoms with Gasteiger partial charge in [0.15, 0.2) is 0 Å². The van der Waals surface area contributed by atoms with E-state index in [-0.39, 0.29) is 24.0 Å². The number of benzene rings is 1. The first kappa shape index (κ1) is 15.1. The lowest BCUT2D eigenvalue weighted by molar-refractivity contribution is -0.119. The van der Waals surface area contributed by atoms with E-state index in [1.807, 2.05) is 13.8 Å². The Bertz CT molecular complexity index is 491. The molecule has 0 aromatic heterocycles. The summed E-state index contributed by atoms with van der Waals surface area (Å²) in [6.45, 7) is 3.88. The molecule has 5 heteroatoms. The highest BCUT2D eigenvalue weighted by atomic mass is 35.5. The van der Waals surface area contributed by atoms with Crippen LogP contribution < -0.4 is 15.8 Å². The molecule has 2 rings (SSSR count). The number of amides is 1. The van der Waals surface area contributed by atoms with Gasteiger partial charge in [-0.05, 0) is 51.3 Å². The minimum atomic E-state index is 0.00960. The molecular weight excluding hydrogens is 276 g/mol. The minimum absolute atomic E-state index is 0.00960. The maximum atomic E-state index is 12.1. The lowest BCUT2D eigenvalue weighted by Crippen LogP contribution is -2.23. The Balaban J connectivity index is 1.99. The van der Waals surface area contributed by atoms with Crippen LogP contribution in [-0.4, -0.2) is 18.1 Å². The van der Waals surface area contributed by atoms with Gasteiger partial charge in [0.2, 0.25) is 5.91 Å². The van der Waals surface area contributed by atoms with Crippen LogP contribution in [0.2, 0.25) is 5.02 Å². The van der Waals surface area contributed by atoms with Gasteiger partial charge in [0, 0.05) is 17.6 Å². The molecule has 20 heavy (non-hydrogen) atoms. The average molecular weight is 297 g/mol. The second-order valence-electron chi connectivity index (χ2n) is 5.57. The molecule has 2 atom stereocenters. The van der Waals surface area contributed by atoms with Gasteiger partial charge >= 0.3 is 0 Å². The predicted octanol–water partition coefficient (Wildman–Crippen LogP) is 3.19. The quantitative estimate of drug-likeness (QED) is 0.897. The van der Waals surface area contributed by atoms with Gasteiger partial charge in [0.05, 0.1) is 11.1 Å². The molecule has 2 unspecified atom stereocenters. The highest BCUT2D eigenvalue weighted by molar-refractivity contribution is 6.32. The number of nitrogens with one attached hydrogen (secondary N) is 1. The van der Waals surface area contributed by atoms with E-state index in [0.29, 0.717) is 16.5 Å². The van der Waals surface area contributed by atoms with Gasteiger partial charge in [0.25, 0.3) is 0 Å². The molecule has 1 saturated carbocycles. The zero-order chi connectivity index (χ0) is 14.7. The fourth-order valence-corrected chi connectivity index (χ4v) is 2.65. The fraction of sp³-hybridized carbons (Fsp3) is 0.533. The van der Waals surface area contributed by atoms with Crippen molar-refractivity contribution in [3.8, 4) is 5.75 Å². The van der Waals surface area contributed by atoms with Crippen molar-refractivity contribution in [2.45, 2.75) is 45.3 Å². The summed E-state index contributed by atoms with van der Waals surface area (Å²) in [6.07, 6.45) is 2.59. The molecule has 3 N–H and O–H groups in total. The monoisotopic (exact) mass is 296 g/mol. The molecule has 1 aromatic carbocycles. The van der Waals surface area contributed by atoms with Crippen LogP contribution in [0.15, 0.2) is 18.2 Å². The molecule has 0 saturated heterocycles. The number of anilines is 1. The van der Waals surface area contributed by atoms with Gasteiger partial charge in [-0.25, -0.2) is 0 Å². The van der Waals surface area contributed by atoms with Gasteiger partial charge in [-0.1, -0.05) is 11.6 Å². The second-order valence-corrected chi connectivity index (χ2v) is 5.98. The van der Waals surface area contributed by atoms with Crippen LogP contribution in [0.1, 0.15) is 33.1 Å². The summed E-state index contributed by atoms with van der Waals surface area (Å²) in [5.74, 6) is 0.657. The third-order valence-electron chi connectivity index (χ3n) is 3.41. The van der Waals surface area contributed by atoms with Gasteiger partial charge in [-0.3, -0.25) is 4.79 Å². The van der Waals surface area contributed by atoms with E-state index in [1.54, 1.807) is 18.2 Å². The summed E-state index contributed by atoms with van der Waals surface area (Å²) in [6, 6.07) is 5.44. The van der Waals surface area contributed by atoms with E-state index in [9.17, 15) is 4.79 Å². The highest BCUT2D eigenvalue weighted by Crippen LogP contribution is 2.30. The van der Waals surface area contributed by atoms with Crippen molar-refractivity contribution in [2.75, 3.05) is 5.32 Å². The fourth-order valence-electron chi connectivity index (χ4n) is 2.43. The van der Waals surface area contributed by atoms with Gasteiger partial charge in [-0.15, -0.1) is 0 Å². The molecule has 1 aromatic rings. The van der Waals surface area contributed by atoms with Crippen LogP contribution in [-0.2, 0) is 4.79 Å². The van der Waals surface area contributed by atoms with Crippen LogP contribution in [0.4, 0.5) is 5.69 Å². The molecule has 1 aliphatic carbocycles. The molecule has 1 amide bonds. The van der Waals surface area contributed by atoms with Crippen molar-refractivity contribution in [3.63, 3.8) is 0 Å². The summed E-state index contributed by atoms with van der Waals surface area (Å²) in [5.41, 5.74) is 6.52.